The number of para-hydroxylation sites is 3. The molecule has 5 rings (SSSR count). The molecule has 5 nitrogen and oxygen atoms in total. The molecule has 0 aliphatic carbocycles. The molecule has 2 aromatic carbocycles. The number of fused-ring (bicyclic) bond motifs is 1. The minimum atomic E-state index is -0.337. The SMILES string of the molecule is CC1(C)OB(C2C=CC(c3nc4ccccc4n3-c3ccccc3)=NC2)OC1(C)C. The molecular weight excluding hydrogens is 373 g/mol. The number of allylic oxidation sites excluding steroid dienone is 1. The Hall–Kier alpha value is -2.70. The highest BCUT2D eigenvalue weighted by atomic mass is 16.7. The summed E-state index contributed by atoms with van der Waals surface area (Å²) < 4.78 is 14.6. The van der Waals surface area contributed by atoms with Crippen LogP contribution in [0.1, 0.15) is 33.5 Å². The Bertz CT molecular complexity index is 1130. The second-order valence-corrected chi connectivity index (χ2v) is 8.97. The summed E-state index contributed by atoms with van der Waals surface area (Å²) in [5, 5.41) is 0. The van der Waals surface area contributed by atoms with Gasteiger partial charge in [0.1, 0.15) is 5.71 Å². The van der Waals surface area contributed by atoms with Gasteiger partial charge in [0.25, 0.3) is 0 Å². The molecule has 30 heavy (non-hydrogen) atoms. The third kappa shape index (κ3) is 3.11. The number of benzene rings is 2. The van der Waals surface area contributed by atoms with Crippen LogP contribution >= 0.6 is 0 Å². The third-order valence-corrected chi connectivity index (χ3v) is 6.40. The topological polar surface area (TPSA) is 48.6 Å². The molecule has 3 aromatic rings. The summed E-state index contributed by atoms with van der Waals surface area (Å²) in [6.07, 6.45) is 4.21. The van der Waals surface area contributed by atoms with Gasteiger partial charge >= 0.3 is 7.12 Å². The normalized spacial score (nSPS) is 22.5. The minimum absolute atomic E-state index is 0.0874. The molecule has 1 unspecified atom stereocenters. The fourth-order valence-electron chi connectivity index (χ4n) is 3.95. The number of dihydropyridines is 1. The van der Waals surface area contributed by atoms with Crippen molar-refractivity contribution in [2.24, 2.45) is 4.99 Å². The fraction of sp³-hybridized carbons (Fsp3) is 0.333. The van der Waals surface area contributed by atoms with Crippen LogP contribution in [0.5, 0.6) is 0 Å². The average Bonchev–Trinajstić information content (AvgIpc) is 3.23. The smallest absolute Gasteiger partial charge is 0.403 e. The molecule has 3 heterocycles. The molecule has 6 heteroatoms. The van der Waals surface area contributed by atoms with E-state index in [0.29, 0.717) is 6.54 Å². The second kappa shape index (κ2) is 6.93. The van der Waals surface area contributed by atoms with Gasteiger partial charge in [-0.2, -0.15) is 0 Å². The van der Waals surface area contributed by atoms with Gasteiger partial charge in [-0.05, 0) is 58.0 Å². The van der Waals surface area contributed by atoms with E-state index in [0.717, 1.165) is 28.3 Å². The number of nitrogens with zero attached hydrogens (tertiary/aromatic N) is 3. The highest BCUT2D eigenvalue weighted by Crippen LogP contribution is 2.41. The largest absolute Gasteiger partial charge is 0.467 e. The lowest BCUT2D eigenvalue weighted by molar-refractivity contribution is 0.00578. The van der Waals surface area contributed by atoms with Gasteiger partial charge in [0.15, 0.2) is 5.82 Å². The minimum Gasteiger partial charge on any atom is -0.403 e. The van der Waals surface area contributed by atoms with E-state index in [1.807, 2.05) is 36.4 Å². The van der Waals surface area contributed by atoms with Gasteiger partial charge < -0.3 is 9.31 Å². The number of imidazole rings is 1. The Labute approximate surface area is 177 Å². The molecule has 0 saturated carbocycles. The molecule has 1 aromatic heterocycles. The van der Waals surface area contributed by atoms with Crippen LogP contribution in [-0.4, -0.2) is 40.1 Å². The van der Waals surface area contributed by atoms with Crippen molar-refractivity contribution in [3.63, 3.8) is 0 Å². The molecule has 2 aliphatic heterocycles. The van der Waals surface area contributed by atoms with Gasteiger partial charge in [0.05, 0.1) is 22.2 Å². The lowest BCUT2D eigenvalue weighted by Gasteiger charge is -2.32. The van der Waals surface area contributed by atoms with Crippen LogP contribution in [-0.2, 0) is 9.31 Å². The molecule has 1 atom stereocenters. The van der Waals surface area contributed by atoms with E-state index in [4.69, 9.17) is 19.3 Å². The average molecular weight is 399 g/mol. The van der Waals surface area contributed by atoms with Crippen molar-refractivity contribution in [2.75, 3.05) is 6.54 Å². The Balaban J connectivity index is 1.48. The van der Waals surface area contributed by atoms with Crippen LogP contribution in [0, 0.1) is 0 Å². The summed E-state index contributed by atoms with van der Waals surface area (Å²) in [4.78, 5) is 9.79. The summed E-state index contributed by atoms with van der Waals surface area (Å²) in [5.41, 5.74) is 3.31. The molecule has 0 amide bonds. The molecule has 0 bridgehead atoms. The van der Waals surface area contributed by atoms with Crippen molar-refractivity contribution in [2.45, 2.75) is 44.7 Å². The Morgan fingerprint density at radius 3 is 2.27 bits per heavy atom. The first kappa shape index (κ1) is 19.3. The van der Waals surface area contributed by atoms with Crippen LogP contribution in [0.3, 0.4) is 0 Å². The second-order valence-electron chi connectivity index (χ2n) is 8.97. The number of hydrogen-bond acceptors (Lipinski definition) is 4. The molecule has 1 fully saturated rings. The van der Waals surface area contributed by atoms with E-state index in [-0.39, 0.29) is 24.1 Å². The highest BCUT2D eigenvalue weighted by Gasteiger charge is 2.53. The quantitative estimate of drug-likeness (QED) is 0.592. The van der Waals surface area contributed by atoms with Crippen LogP contribution in [0.25, 0.3) is 16.7 Å². The van der Waals surface area contributed by atoms with Gasteiger partial charge in [-0.3, -0.25) is 9.56 Å². The zero-order valence-corrected chi connectivity index (χ0v) is 17.9. The summed E-state index contributed by atoms with van der Waals surface area (Å²) in [5.74, 6) is 0.940. The van der Waals surface area contributed by atoms with Gasteiger partial charge in [-0.1, -0.05) is 36.4 Å². The third-order valence-electron chi connectivity index (χ3n) is 6.40. The maximum Gasteiger partial charge on any atom is 0.467 e. The lowest BCUT2D eigenvalue weighted by Crippen LogP contribution is -2.41. The summed E-state index contributed by atoms with van der Waals surface area (Å²) in [6.45, 7) is 8.93. The van der Waals surface area contributed by atoms with Crippen molar-refractivity contribution in [1.82, 2.24) is 9.55 Å². The van der Waals surface area contributed by atoms with E-state index >= 15 is 0 Å². The van der Waals surface area contributed by atoms with Crippen LogP contribution in [0.2, 0.25) is 5.82 Å². The first-order valence-electron chi connectivity index (χ1n) is 10.5. The van der Waals surface area contributed by atoms with E-state index in [2.05, 4.69) is 62.6 Å². The van der Waals surface area contributed by atoms with Crippen LogP contribution in [0.4, 0.5) is 0 Å². The van der Waals surface area contributed by atoms with Crippen molar-refractivity contribution in [1.29, 1.82) is 0 Å². The summed E-state index contributed by atoms with van der Waals surface area (Å²) in [7, 11) is -0.288. The van der Waals surface area contributed by atoms with Gasteiger partial charge in [-0.25, -0.2) is 4.98 Å². The van der Waals surface area contributed by atoms with Crippen LogP contribution < -0.4 is 0 Å². The first-order valence-corrected chi connectivity index (χ1v) is 10.5. The van der Waals surface area contributed by atoms with Gasteiger partial charge in [0.2, 0.25) is 0 Å². The Kier molecular flexibility index (Phi) is 4.45. The number of rotatable bonds is 3. The van der Waals surface area contributed by atoms with E-state index in [1.165, 1.54) is 0 Å². The Morgan fingerprint density at radius 1 is 0.933 bits per heavy atom. The van der Waals surface area contributed by atoms with Gasteiger partial charge in [0, 0.05) is 18.0 Å². The number of hydrogen-bond donors (Lipinski definition) is 0. The molecule has 0 N–H and O–H groups in total. The molecule has 0 radical (unpaired) electrons. The number of aliphatic imine (C=N–C) groups is 1. The standard InChI is InChI=1S/C24H26BN3O2/c1-23(2)24(3,4)30-25(29-23)17-14-15-20(26-16-17)22-27-19-12-8-9-13-21(19)28(22)18-10-6-5-7-11-18/h5-15,17H,16H2,1-4H3. The van der Waals surface area contributed by atoms with Crippen molar-refractivity contribution < 1.29 is 9.31 Å². The lowest BCUT2D eigenvalue weighted by atomic mass is 9.71. The van der Waals surface area contributed by atoms with Gasteiger partial charge in [-0.15, -0.1) is 0 Å². The predicted molar refractivity (Wildman–Crippen MR) is 121 cm³/mol. The maximum absolute atomic E-state index is 6.22. The molecule has 1 saturated heterocycles. The molecule has 2 aliphatic rings. The van der Waals surface area contributed by atoms with E-state index in [1.54, 1.807) is 0 Å². The molecule has 0 spiro atoms. The van der Waals surface area contributed by atoms with Crippen molar-refractivity contribution in [3.05, 3.63) is 72.6 Å². The molecule has 152 valence electrons. The maximum atomic E-state index is 6.22. The van der Waals surface area contributed by atoms with Crippen LogP contribution in [0.15, 0.2) is 71.7 Å². The van der Waals surface area contributed by atoms with Crippen molar-refractivity contribution >= 4 is 23.9 Å². The Morgan fingerprint density at radius 2 is 1.60 bits per heavy atom. The fourth-order valence-corrected chi connectivity index (χ4v) is 3.95. The van der Waals surface area contributed by atoms with E-state index in [9.17, 15) is 0 Å². The molecular formula is C24H26BN3O2. The monoisotopic (exact) mass is 399 g/mol. The predicted octanol–water partition coefficient (Wildman–Crippen LogP) is 4.85. The zero-order valence-electron chi connectivity index (χ0n) is 17.9. The first-order chi connectivity index (χ1) is 14.4. The highest BCUT2D eigenvalue weighted by molar-refractivity contribution is 6.48. The summed E-state index contributed by atoms with van der Waals surface area (Å²) >= 11 is 0. The van der Waals surface area contributed by atoms with Crippen molar-refractivity contribution in [3.8, 4) is 5.69 Å². The van der Waals surface area contributed by atoms with E-state index < -0.39 is 0 Å². The number of aromatic nitrogens is 2. The zero-order chi connectivity index (χ0) is 20.9. The summed E-state index contributed by atoms with van der Waals surface area (Å²) in [6, 6.07) is 18.5.